The molecule has 1 N–H and O–H groups in total. The molecule has 4 rings (SSSR count). The van der Waals surface area contributed by atoms with Crippen LogP contribution in [0.1, 0.15) is 47.7 Å². The number of carbonyl (C=O) groups is 1. The molecule has 9 heteroatoms. The van der Waals surface area contributed by atoms with Crippen LogP contribution < -0.4 is 10.1 Å². The molecule has 0 spiro atoms. The summed E-state index contributed by atoms with van der Waals surface area (Å²) in [5.41, 5.74) is 1.19. The first-order chi connectivity index (χ1) is 16.0. The van der Waals surface area contributed by atoms with E-state index in [1.165, 1.54) is 0 Å². The van der Waals surface area contributed by atoms with Gasteiger partial charge in [0, 0.05) is 18.0 Å². The molecule has 1 atom stereocenters. The van der Waals surface area contributed by atoms with Crippen LogP contribution >= 0.6 is 0 Å². The number of para-hydroxylation sites is 1. The summed E-state index contributed by atoms with van der Waals surface area (Å²) in [7, 11) is 0. The maximum atomic E-state index is 12.8. The van der Waals surface area contributed by atoms with Crippen molar-refractivity contribution in [2.24, 2.45) is 5.92 Å². The van der Waals surface area contributed by atoms with E-state index in [4.69, 9.17) is 18.9 Å². The van der Waals surface area contributed by atoms with E-state index in [1.807, 2.05) is 13.8 Å². The van der Waals surface area contributed by atoms with Crippen LogP contribution in [0.15, 0.2) is 69.9 Å². The summed E-state index contributed by atoms with van der Waals surface area (Å²) < 4.78 is 16.7. The number of pyridine rings is 1. The molecule has 1 unspecified atom stereocenters. The van der Waals surface area contributed by atoms with Gasteiger partial charge in [0.2, 0.25) is 11.7 Å². The summed E-state index contributed by atoms with van der Waals surface area (Å²) in [4.78, 5) is 21.2. The highest BCUT2D eigenvalue weighted by atomic mass is 16.5. The zero-order valence-corrected chi connectivity index (χ0v) is 18.1. The Labute approximate surface area is 190 Å². The third-order valence-electron chi connectivity index (χ3n) is 4.86. The first-order valence-corrected chi connectivity index (χ1v) is 10.3. The lowest BCUT2D eigenvalue weighted by Crippen LogP contribution is -2.31. The molecule has 1 aromatic carbocycles. The van der Waals surface area contributed by atoms with Gasteiger partial charge >= 0.3 is 0 Å². The number of rotatable bonds is 8. The standard InChI is InChI=1S/C24H21N5O4/c1-15(2)21(24-28-22(29-33-24)16-9-11-26-12-10-16)27-23(30)20-8-7-18(32-20)14-31-19-6-4-3-5-17(19)13-25/h3-12,15,21H,14H2,1-2H3,(H,27,30). The molecule has 0 saturated carbocycles. The van der Waals surface area contributed by atoms with E-state index in [-0.39, 0.29) is 18.3 Å². The third-order valence-corrected chi connectivity index (χ3v) is 4.86. The Bertz CT molecular complexity index is 1270. The number of hydrogen-bond acceptors (Lipinski definition) is 8. The lowest BCUT2D eigenvalue weighted by Gasteiger charge is -2.17. The quantitative estimate of drug-likeness (QED) is 0.427. The number of carbonyl (C=O) groups excluding carboxylic acids is 1. The van der Waals surface area contributed by atoms with Gasteiger partial charge in [-0.3, -0.25) is 9.78 Å². The molecule has 0 bridgehead atoms. The molecule has 3 heterocycles. The van der Waals surface area contributed by atoms with Crippen molar-refractivity contribution in [2.45, 2.75) is 26.5 Å². The number of nitrogens with zero attached hydrogens (tertiary/aromatic N) is 4. The van der Waals surface area contributed by atoms with Crippen molar-refractivity contribution < 1.29 is 18.5 Å². The lowest BCUT2D eigenvalue weighted by atomic mass is 10.0. The van der Waals surface area contributed by atoms with Gasteiger partial charge in [-0.15, -0.1) is 0 Å². The van der Waals surface area contributed by atoms with Gasteiger partial charge in [-0.25, -0.2) is 0 Å². The molecule has 3 aromatic heterocycles. The molecule has 9 nitrogen and oxygen atoms in total. The average Bonchev–Trinajstić information content (AvgIpc) is 3.52. The average molecular weight is 443 g/mol. The second-order valence-electron chi connectivity index (χ2n) is 7.55. The first-order valence-electron chi connectivity index (χ1n) is 10.3. The van der Waals surface area contributed by atoms with E-state index < -0.39 is 11.9 Å². The number of amides is 1. The second kappa shape index (κ2) is 9.78. The number of nitriles is 1. The van der Waals surface area contributed by atoms with E-state index in [1.54, 1.807) is 60.9 Å². The van der Waals surface area contributed by atoms with Crippen molar-refractivity contribution in [2.75, 3.05) is 0 Å². The van der Waals surface area contributed by atoms with Gasteiger partial charge in [0.05, 0.1) is 5.56 Å². The van der Waals surface area contributed by atoms with Crippen LogP contribution in [0.5, 0.6) is 5.75 Å². The Balaban J connectivity index is 1.43. The highest BCUT2D eigenvalue weighted by Crippen LogP contribution is 2.24. The predicted molar refractivity (Wildman–Crippen MR) is 117 cm³/mol. The maximum Gasteiger partial charge on any atom is 0.287 e. The minimum absolute atomic E-state index is 0.0139. The van der Waals surface area contributed by atoms with E-state index in [0.717, 1.165) is 5.56 Å². The molecule has 0 aliphatic rings. The van der Waals surface area contributed by atoms with Gasteiger partial charge in [0.25, 0.3) is 5.91 Å². The van der Waals surface area contributed by atoms with Crippen LogP contribution in [0.2, 0.25) is 0 Å². The second-order valence-corrected chi connectivity index (χ2v) is 7.55. The zero-order valence-electron chi connectivity index (χ0n) is 18.1. The summed E-state index contributed by atoms with van der Waals surface area (Å²) in [5.74, 6) is 1.31. The van der Waals surface area contributed by atoms with Crippen LogP contribution in [-0.2, 0) is 6.61 Å². The summed E-state index contributed by atoms with van der Waals surface area (Å²) >= 11 is 0. The molecule has 4 aromatic rings. The normalized spacial score (nSPS) is 11.7. The van der Waals surface area contributed by atoms with Crippen LogP contribution in [0.3, 0.4) is 0 Å². The zero-order chi connectivity index (χ0) is 23.2. The molecule has 0 radical (unpaired) electrons. The van der Waals surface area contributed by atoms with E-state index >= 15 is 0 Å². The van der Waals surface area contributed by atoms with E-state index in [2.05, 4.69) is 26.5 Å². The van der Waals surface area contributed by atoms with Gasteiger partial charge in [-0.1, -0.05) is 31.1 Å². The molecule has 0 aliphatic heterocycles. The summed E-state index contributed by atoms with van der Waals surface area (Å²) in [6.45, 7) is 3.96. The molecule has 1 amide bonds. The fourth-order valence-corrected chi connectivity index (χ4v) is 3.12. The van der Waals surface area contributed by atoms with Gasteiger partial charge in [-0.05, 0) is 42.3 Å². The topological polar surface area (TPSA) is 127 Å². The largest absolute Gasteiger partial charge is 0.484 e. The molecule has 166 valence electrons. The minimum Gasteiger partial charge on any atom is -0.484 e. The first kappa shape index (κ1) is 21.8. The van der Waals surface area contributed by atoms with E-state index in [0.29, 0.717) is 28.8 Å². The summed E-state index contributed by atoms with van der Waals surface area (Å²) in [6.07, 6.45) is 3.29. The lowest BCUT2D eigenvalue weighted by molar-refractivity contribution is 0.0881. The molecule has 0 saturated heterocycles. The number of hydrogen-bond donors (Lipinski definition) is 1. The van der Waals surface area contributed by atoms with Crippen LogP contribution in [0, 0.1) is 17.2 Å². The third kappa shape index (κ3) is 5.07. The Morgan fingerprint density at radius 1 is 1.15 bits per heavy atom. The molecular weight excluding hydrogens is 422 g/mol. The smallest absolute Gasteiger partial charge is 0.287 e. The predicted octanol–water partition coefficient (Wildman–Crippen LogP) is 4.30. The SMILES string of the molecule is CC(C)C(NC(=O)c1ccc(COc2ccccc2C#N)o1)c1nc(-c2ccncc2)no1. The van der Waals surface area contributed by atoms with Crippen LogP contribution in [0.25, 0.3) is 11.4 Å². The summed E-state index contributed by atoms with van der Waals surface area (Å²) in [5, 5.41) is 16.1. The van der Waals surface area contributed by atoms with Crippen molar-refractivity contribution in [3.05, 3.63) is 83.9 Å². The molecule has 0 fully saturated rings. The Morgan fingerprint density at radius 3 is 2.70 bits per heavy atom. The van der Waals surface area contributed by atoms with Gasteiger partial charge in [0.15, 0.2) is 5.76 Å². The van der Waals surface area contributed by atoms with Crippen molar-refractivity contribution >= 4 is 5.91 Å². The Kier molecular flexibility index (Phi) is 6.45. The van der Waals surface area contributed by atoms with E-state index in [9.17, 15) is 4.79 Å². The molecule has 0 aliphatic carbocycles. The van der Waals surface area contributed by atoms with Gasteiger partial charge in [0.1, 0.15) is 30.2 Å². The van der Waals surface area contributed by atoms with Crippen molar-refractivity contribution in [3.63, 3.8) is 0 Å². The van der Waals surface area contributed by atoms with Gasteiger partial charge in [-0.2, -0.15) is 10.2 Å². The minimum atomic E-state index is -0.507. The Hall–Kier alpha value is -4.45. The highest BCUT2D eigenvalue weighted by molar-refractivity contribution is 5.91. The molecular formula is C24H21N5O4. The Morgan fingerprint density at radius 2 is 1.94 bits per heavy atom. The number of furan rings is 1. The fourth-order valence-electron chi connectivity index (χ4n) is 3.12. The number of benzene rings is 1. The van der Waals surface area contributed by atoms with Crippen molar-refractivity contribution in [1.29, 1.82) is 5.26 Å². The number of nitrogens with one attached hydrogen (secondary N) is 1. The fraction of sp³-hybridized carbons (Fsp3) is 0.208. The highest BCUT2D eigenvalue weighted by Gasteiger charge is 2.26. The van der Waals surface area contributed by atoms with Crippen molar-refractivity contribution in [1.82, 2.24) is 20.4 Å². The van der Waals surface area contributed by atoms with Crippen LogP contribution in [0.4, 0.5) is 0 Å². The van der Waals surface area contributed by atoms with Gasteiger partial charge < -0.3 is 19.0 Å². The molecule has 33 heavy (non-hydrogen) atoms. The van der Waals surface area contributed by atoms with Crippen LogP contribution in [-0.4, -0.2) is 21.0 Å². The number of aromatic nitrogens is 3. The van der Waals surface area contributed by atoms with Crippen molar-refractivity contribution in [3.8, 4) is 23.2 Å². The monoisotopic (exact) mass is 443 g/mol. The number of ether oxygens (including phenoxy) is 1. The summed E-state index contributed by atoms with van der Waals surface area (Å²) in [6, 6.07) is 15.2. The maximum absolute atomic E-state index is 12.8.